The maximum Gasteiger partial charge on any atom is 0.272 e. The van der Waals surface area contributed by atoms with E-state index in [0.717, 1.165) is 5.56 Å². The lowest BCUT2D eigenvalue weighted by Crippen LogP contribution is -2.15. The SMILES string of the molecule is FC(F)COc1ncc(CNC2CC2)cc1Cl. The fourth-order valence-corrected chi connectivity index (χ4v) is 1.60. The Hall–Kier alpha value is -0.940. The normalized spacial score (nSPS) is 15.3. The Kier molecular flexibility index (Phi) is 4.12. The molecule has 3 nitrogen and oxygen atoms in total. The minimum Gasteiger partial charge on any atom is -0.471 e. The van der Waals surface area contributed by atoms with Crippen LogP contribution in [-0.4, -0.2) is 24.1 Å². The van der Waals surface area contributed by atoms with E-state index >= 15 is 0 Å². The molecule has 0 saturated heterocycles. The number of hydrogen-bond acceptors (Lipinski definition) is 3. The first kappa shape index (κ1) is 12.5. The topological polar surface area (TPSA) is 34.1 Å². The maximum absolute atomic E-state index is 11.9. The number of aromatic nitrogens is 1. The van der Waals surface area contributed by atoms with Gasteiger partial charge in [-0.25, -0.2) is 13.8 Å². The van der Waals surface area contributed by atoms with Gasteiger partial charge in [0.15, 0.2) is 6.61 Å². The minimum atomic E-state index is -2.52. The molecule has 0 aromatic carbocycles. The van der Waals surface area contributed by atoms with E-state index < -0.39 is 13.0 Å². The summed E-state index contributed by atoms with van der Waals surface area (Å²) in [6, 6.07) is 2.29. The molecule has 1 N–H and O–H groups in total. The van der Waals surface area contributed by atoms with Crippen LogP contribution in [0.5, 0.6) is 5.88 Å². The first-order chi connectivity index (χ1) is 8.15. The van der Waals surface area contributed by atoms with Crippen molar-refractivity contribution < 1.29 is 13.5 Å². The zero-order chi connectivity index (χ0) is 12.3. The fourth-order valence-electron chi connectivity index (χ4n) is 1.36. The predicted octanol–water partition coefficient (Wildman–Crippen LogP) is 2.63. The van der Waals surface area contributed by atoms with Crippen LogP contribution in [0.25, 0.3) is 0 Å². The molecule has 1 heterocycles. The van der Waals surface area contributed by atoms with Crippen LogP contribution in [-0.2, 0) is 6.54 Å². The highest BCUT2D eigenvalue weighted by atomic mass is 35.5. The second-order valence-electron chi connectivity index (χ2n) is 3.99. The largest absolute Gasteiger partial charge is 0.471 e. The minimum absolute atomic E-state index is 0.0575. The van der Waals surface area contributed by atoms with Gasteiger partial charge in [0.1, 0.15) is 5.02 Å². The van der Waals surface area contributed by atoms with Crippen LogP contribution in [0.4, 0.5) is 8.78 Å². The van der Waals surface area contributed by atoms with E-state index in [0.29, 0.717) is 12.6 Å². The lowest BCUT2D eigenvalue weighted by Gasteiger charge is -2.08. The van der Waals surface area contributed by atoms with Crippen LogP contribution in [0.1, 0.15) is 18.4 Å². The molecule has 0 bridgehead atoms. The summed E-state index contributed by atoms with van der Waals surface area (Å²) in [7, 11) is 0. The zero-order valence-electron chi connectivity index (χ0n) is 9.13. The molecule has 0 spiro atoms. The molecule has 2 rings (SSSR count). The van der Waals surface area contributed by atoms with E-state index in [9.17, 15) is 8.78 Å². The molecule has 1 aromatic heterocycles. The number of pyridine rings is 1. The van der Waals surface area contributed by atoms with Crippen LogP contribution in [0.2, 0.25) is 5.02 Å². The molecule has 6 heteroatoms. The molecular formula is C11H13ClF2N2O. The Morgan fingerprint density at radius 2 is 2.29 bits per heavy atom. The molecule has 1 fully saturated rings. The van der Waals surface area contributed by atoms with Crippen LogP contribution >= 0.6 is 11.6 Å². The highest BCUT2D eigenvalue weighted by molar-refractivity contribution is 6.31. The van der Waals surface area contributed by atoms with Crippen molar-refractivity contribution in [1.82, 2.24) is 10.3 Å². The molecule has 1 aromatic rings. The number of nitrogens with one attached hydrogen (secondary N) is 1. The van der Waals surface area contributed by atoms with Crippen LogP contribution in [0.15, 0.2) is 12.3 Å². The van der Waals surface area contributed by atoms with E-state index in [1.54, 1.807) is 12.3 Å². The molecule has 0 amide bonds. The van der Waals surface area contributed by atoms with Gasteiger partial charge in [0.05, 0.1) is 0 Å². The molecule has 17 heavy (non-hydrogen) atoms. The number of halogens is 3. The Bertz CT molecular complexity index is 386. The van der Waals surface area contributed by atoms with Crippen molar-refractivity contribution in [3.8, 4) is 5.88 Å². The maximum atomic E-state index is 11.9. The van der Waals surface area contributed by atoms with Crippen molar-refractivity contribution in [3.63, 3.8) is 0 Å². The van der Waals surface area contributed by atoms with Crippen molar-refractivity contribution in [2.45, 2.75) is 31.9 Å². The van der Waals surface area contributed by atoms with Crippen LogP contribution in [0, 0.1) is 0 Å². The Morgan fingerprint density at radius 1 is 1.53 bits per heavy atom. The van der Waals surface area contributed by atoms with E-state index in [2.05, 4.69) is 10.3 Å². The smallest absolute Gasteiger partial charge is 0.272 e. The summed E-state index contributed by atoms with van der Waals surface area (Å²) in [5, 5.41) is 3.57. The summed E-state index contributed by atoms with van der Waals surface area (Å²) < 4.78 is 28.7. The molecule has 94 valence electrons. The van der Waals surface area contributed by atoms with Crippen molar-refractivity contribution in [2.24, 2.45) is 0 Å². The summed E-state index contributed by atoms with van der Waals surface area (Å²) in [6.07, 6.45) is 1.47. The Morgan fingerprint density at radius 3 is 2.88 bits per heavy atom. The molecule has 1 saturated carbocycles. The lowest BCUT2D eigenvalue weighted by molar-refractivity contribution is 0.0796. The van der Waals surface area contributed by atoms with Crippen molar-refractivity contribution >= 4 is 11.6 Å². The molecule has 0 unspecified atom stereocenters. The Balaban J connectivity index is 1.90. The first-order valence-corrected chi connectivity index (χ1v) is 5.81. The monoisotopic (exact) mass is 262 g/mol. The summed E-state index contributed by atoms with van der Waals surface area (Å²) in [4.78, 5) is 3.92. The lowest BCUT2D eigenvalue weighted by atomic mass is 10.3. The second kappa shape index (κ2) is 5.60. The highest BCUT2D eigenvalue weighted by Gasteiger charge is 2.20. The van der Waals surface area contributed by atoms with E-state index in [1.807, 2.05) is 0 Å². The van der Waals surface area contributed by atoms with Gasteiger partial charge in [-0.2, -0.15) is 0 Å². The third-order valence-corrected chi connectivity index (χ3v) is 2.65. The highest BCUT2D eigenvalue weighted by Crippen LogP contribution is 2.24. The summed E-state index contributed by atoms with van der Waals surface area (Å²) in [5.74, 6) is 0.0575. The van der Waals surface area contributed by atoms with E-state index in [4.69, 9.17) is 16.3 Å². The average molecular weight is 263 g/mol. The zero-order valence-corrected chi connectivity index (χ0v) is 9.88. The van der Waals surface area contributed by atoms with Crippen LogP contribution in [0.3, 0.4) is 0 Å². The third kappa shape index (κ3) is 4.09. The molecule has 0 aliphatic heterocycles. The van der Waals surface area contributed by atoms with Gasteiger partial charge in [0, 0.05) is 18.8 Å². The van der Waals surface area contributed by atoms with E-state index in [-0.39, 0.29) is 10.9 Å². The fraction of sp³-hybridized carbons (Fsp3) is 0.545. The quantitative estimate of drug-likeness (QED) is 0.856. The predicted molar refractivity (Wildman–Crippen MR) is 60.6 cm³/mol. The second-order valence-corrected chi connectivity index (χ2v) is 4.40. The van der Waals surface area contributed by atoms with Gasteiger partial charge in [0.25, 0.3) is 6.43 Å². The van der Waals surface area contributed by atoms with Gasteiger partial charge in [0.2, 0.25) is 5.88 Å². The molecule has 0 atom stereocenters. The van der Waals surface area contributed by atoms with E-state index in [1.165, 1.54) is 12.8 Å². The number of rotatable bonds is 6. The standard InChI is InChI=1S/C11H13ClF2N2O/c12-9-3-7(4-15-8-1-2-8)5-16-11(9)17-6-10(13)14/h3,5,8,10,15H,1-2,4,6H2. The number of hydrogen-bond donors (Lipinski definition) is 1. The van der Waals surface area contributed by atoms with Gasteiger partial charge >= 0.3 is 0 Å². The van der Waals surface area contributed by atoms with Gasteiger partial charge in [-0.1, -0.05) is 11.6 Å². The molecule has 1 aliphatic rings. The summed E-state index contributed by atoms with van der Waals surface area (Å²) in [5.41, 5.74) is 0.922. The van der Waals surface area contributed by atoms with Gasteiger partial charge in [-0.15, -0.1) is 0 Å². The van der Waals surface area contributed by atoms with Crippen molar-refractivity contribution in [3.05, 3.63) is 22.8 Å². The summed E-state index contributed by atoms with van der Waals surface area (Å²) in [6.45, 7) is -0.00109. The Labute approximate surface area is 103 Å². The average Bonchev–Trinajstić information content (AvgIpc) is 3.08. The van der Waals surface area contributed by atoms with Gasteiger partial charge in [-0.05, 0) is 24.5 Å². The molecule has 1 aliphatic carbocycles. The van der Waals surface area contributed by atoms with Crippen LogP contribution < -0.4 is 10.1 Å². The summed E-state index contributed by atoms with van der Waals surface area (Å²) >= 11 is 5.88. The molecule has 0 radical (unpaired) electrons. The number of alkyl halides is 2. The van der Waals surface area contributed by atoms with Gasteiger partial charge < -0.3 is 10.1 Å². The van der Waals surface area contributed by atoms with Gasteiger partial charge in [-0.3, -0.25) is 0 Å². The van der Waals surface area contributed by atoms with Crippen molar-refractivity contribution in [2.75, 3.05) is 6.61 Å². The third-order valence-electron chi connectivity index (χ3n) is 2.38. The number of nitrogens with zero attached hydrogens (tertiary/aromatic N) is 1. The molecular weight excluding hydrogens is 250 g/mol. The number of ether oxygens (including phenoxy) is 1. The van der Waals surface area contributed by atoms with Crippen molar-refractivity contribution in [1.29, 1.82) is 0 Å². The first-order valence-electron chi connectivity index (χ1n) is 5.44.